The summed E-state index contributed by atoms with van der Waals surface area (Å²) in [6.45, 7) is 0.433. The molecule has 0 radical (unpaired) electrons. The molecule has 0 aliphatic carbocycles. The van der Waals surface area contributed by atoms with Crippen molar-refractivity contribution in [3.8, 4) is 0 Å². The lowest BCUT2D eigenvalue weighted by atomic mass is 10.2. The van der Waals surface area contributed by atoms with Gasteiger partial charge in [-0.2, -0.15) is 0 Å². The van der Waals surface area contributed by atoms with Gasteiger partial charge in [0.15, 0.2) is 0 Å². The summed E-state index contributed by atoms with van der Waals surface area (Å²) in [5.41, 5.74) is 1.05. The number of hydrogen-bond donors (Lipinski definition) is 3. The summed E-state index contributed by atoms with van der Waals surface area (Å²) in [5.74, 6) is 0.0658. The Morgan fingerprint density at radius 3 is 2.93 bits per heavy atom. The largest absolute Gasteiger partial charge is 0.481 e. The highest BCUT2D eigenvalue weighted by atomic mass is 16.4. The van der Waals surface area contributed by atoms with Crippen molar-refractivity contribution in [3.05, 3.63) is 30.3 Å². The number of carbonyl (C=O) groups is 1. The van der Waals surface area contributed by atoms with Gasteiger partial charge in [-0.25, -0.2) is 0 Å². The van der Waals surface area contributed by atoms with Crippen LogP contribution < -0.4 is 5.32 Å². The number of carboxylic acids is 1. The van der Waals surface area contributed by atoms with Crippen LogP contribution in [-0.4, -0.2) is 22.6 Å². The van der Waals surface area contributed by atoms with Gasteiger partial charge in [0, 0.05) is 17.4 Å². The van der Waals surface area contributed by atoms with E-state index in [1.54, 1.807) is 0 Å². The minimum atomic E-state index is -0.793. The lowest BCUT2D eigenvalue weighted by Crippen LogP contribution is -2.07. The first-order valence-corrected chi connectivity index (χ1v) is 4.79. The van der Waals surface area contributed by atoms with Crippen LogP contribution in [0, 0.1) is 0 Å². The fourth-order valence-corrected chi connectivity index (χ4v) is 1.47. The standard InChI is InChI=1S/C11H12N2O2/c14-11(15)5-6-12-10-7-8-3-1-2-4-9(8)13-10/h1-4,7,12-13H,5-6H2,(H,14,15). The van der Waals surface area contributed by atoms with Crippen LogP contribution in [0.2, 0.25) is 0 Å². The first kappa shape index (κ1) is 9.58. The normalized spacial score (nSPS) is 10.4. The molecular formula is C11H12N2O2. The number of anilines is 1. The van der Waals surface area contributed by atoms with Gasteiger partial charge in [-0.3, -0.25) is 4.79 Å². The zero-order chi connectivity index (χ0) is 10.7. The highest BCUT2D eigenvalue weighted by Gasteiger charge is 2.00. The van der Waals surface area contributed by atoms with E-state index in [4.69, 9.17) is 5.11 Å². The maximum Gasteiger partial charge on any atom is 0.305 e. The van der Waals surface area contributed by atoms with E-state index in [2.05, 4.69) is 10.3 Å². The summed E-state index contributed by atoms with van der Waals surface area (Å²) in [4.78, 5) is 13.5. The molecule has 1 aromatic heterocycles. The van der Waals surface area contributed by atoms with Crippen molar-refractivity contribution < 1.29 is 9.90 Å². The van der Waals surface area contributed by atoms with Gasteiger partial charge < -0.3 is 15.4 Å². The minimum Gasteiger partial charge on any atom is -0.481 e. The molecule has 0 saturated carbocycles. The number of rotatable bonds is 4. The summed E-state index contributed by atoms with van der Waals surface area (Å²) in [5, 5.41) is 12.6. The Bertz CT molecular complexity index is 443. The quantitative estimate of drug-likeness (QED) is 0.714. The Morgan fingerprint density at radius 1 is 1.40 bits per heavy atom. The maximum atomic E-state index is 10.3. The maximum absolute atomic E-state index is 10.3. The summed E-state index contributed by atoms with van der Waals surface area (Å²) in [6, 6.07) is 9.89. The molecule has 15 heavy (non-hydrogen) atoms. The summed E-state index contributed by atoms with van der Waals surface area (Å²) in [6.07, 6.45) is 0.120. The van der Waals surface area contributed by atoms with E-state index >= 15 is 0 Å². The molecule has 3 N–H and O–H groups in total. The van der Waals surface area contributed by atoms with Crippen LogP contribution in [0.25, 0.3) is 10.9 Å². The molecule has 4 nitrogen and oxygen atoms in total. The molecule has 1 heterocycles. The molecular weight excluding hydrogens is 192 g/mol. The van der Waals surface area contributed by atoms with Crippen molar-refractivity contribution in [2.24, 2.45) is 0 Å². The molecule has 2 aromatic rings. The Kier molecular flexibility index (Phi) is 2.58. The van der Waals surface area contributed by atoms with Gasteiger partial charge in [-0.05, 0) is 12.1 Å². The molecule has 0 fully saturated rings. The average Bonchev–Trinajstić information content (AvgIpc) is 2.59. The number of aromatic amines is 1. The molecule has 0 unspecified atom stereocenters. The highest BCUT2D eigenvalue weighted by Crippen LogP contribution is 2.17. The van der Waals surface area contributed by atoms with E-state index in [0.29, 0.717) is 6.54 Å². The molecule has 4 heteroatoms. The van der Waals surface area contributed by atoms with Crippen LogP contribution in [0.1, 0.15) is 6.42 Å². The third-order valence-electron chi connectivity index (χ3n) is 2.18. The summed E-state index contributed by atoms with van der Waals surface area (Å²) < 4.78 is 0. The van der Waals surface area contributed by atoms with Crippen molar-refractivity contribution in [1.82, 2.24) is 4.98 Å². The van der Waals surface area contributed by atoms with Gasteiger partial charge in [0.25, 0.3) is 0 Å². The molecule has 0 atom stereocenters. The second-order valence-corrected chi connectivity index (χ2v) is 3.34. The van der Waals surface area contributed by atoms with Crippen molar-refractivity contribution >= 4 is 22.7 Å². The van der Waals surface area contributed by atoms with Gasteiger partial charge in [0.1, 0.15) is 5.82 Å². The Morgan fingerprint density at radius 2 is 2.20 bits per heavy atom. The highest BCUT2D eigenvalue weighted by molar-refractivity contribution is 5.83. The molecule has 0 amide bonds. The Hall–Kier alpha value is -1.97. The number of para-hydroxylation sites is 1. The van der Waals surface area contributed by atoms with Gasteiger partial charge in [-0.15, -0.1) is 0 Å². The van der Waals surface area contributed by atoms with Gasteiger partial charge in [-0.1, -0.05) is 18.2 Å². The van der Waals surface area contributed by atoms with E-state index in [-0.39, 0.29) is 6.42 Å². The van der Waals surface area contributed by atoms with Gasteiger partial charge in [0.05, 0.1) is 6.42 Å². The molecule has 78 valence electrons. The number of aromatic nitrogens is 1. The Balaban J connectivity index is 2.05. The van der Waals surface area contributed by atoms with Crippen molar-refractivity contribution in [1.29, 1.82) is 0 Å². The van der Waals surface area contributed by atoms with E-state index in [1.807, 2.05) is 30.3 Å². The lowest BCUT2D eigenvalue weighted by molar-refractivity contribution is -0.136. The molecule has 0 bridgehead atoms. The molecule has 0 aliphatic rings. The number of hydrogen-bond acceptors (Lipinski definition) is 2. The van der Waals surface area contributed by atoms with Crippen LogP contribution in [-0.2, 0) is 4.79 Å². The predicted molar refractivity (Wildman–Crippen MR) is 59.0 cm³/mol. The number of carboxylic acid groups (broad SMARTS) is 1. The third-order valence-corrected chi connectivity index (χ3v) is 2.18. The fraction of sp³-hybridized carbons (Fsp3) is 0.182. The predicted octanol–water partition coefficient (Wildman–Crippen LogP) is 2.05. The van der Waals surface area contributed by atoms with Crippen LogP contribution in [0.4, 0.5) is 5.82 Å². The second-order valence-electron chi connectivity index (χ2n) is 3.34. The topological polar surface area (TPSA) is 65.1 Å². The van der Waals surface area contributed by atoms with Crippen molar-refractivity contribution in [2.45, 2.75) is 6.42 Å². The van der Waals surface area contributed by atoms with Crippen LogP contribution in [0.15, 0.2) is 30.3 Å². The van der Waals surface area contributed by atoms with E-state index < -0.39 is 5.97 Å². The minimum absolute atomic E-state index is 0.120. The van der Waals surface area contributed by atoms with E-state index in [1.165, 1.54) is 0 Å². The average molecular weight is 204 g/mol. The number of H-pyrrole nitrogens is 1. The number of fused-ring (bicyclic) bond motifs is 1. The molecule has 0 spiro atoms. The first-order valence-electron chi connectivity index (χ1n) is 4.79. The number of aliphatic carboxylic acids is 1. The lowest BCUT2D eigenvalue weighted by Gasteiger charge is -1.99. The zero-order valence-electron chi connectivity index (χ0n) is 8.16. The monoisotopic (exact) mass is 204 g/mol. The van der Waals surface area contributed by atoms with E-state index in [0.717, 1.165) is 16.7 Å². The van der Waals surface area contributed by atoms with Crippen LogP contribution in [0.3, 0.4) is 0 Å². The van der Waals surface area contributed by atoms with Crippen molar-refractivity contribution in [2.75, 3.05) is 11.9 Å². The number of benzene rings is 1. The summed E-state index contributed by atoms with van der Waals surface area (Å²) >= 11 is 0. The molecule has 0 aliphatic heterocycles. The van der Waals surface area contributed by atoms with Crippen LogP contribution in [0.5, 0.6) is 0 Å². The smallest absolute Gasteiger partial charge is 0.305 e. The Labute approximate surface area is 86.9 Å². The SMILES string of the molecule is O=C(O)CCNc1cc2ccccc2[nH]1. The van der Waals surface area contributed by atoms with Gasteiger partial charge in [0.2, 0.25) is 0 Å². The molecule has 0 saturated heterocycles. The second kappa shape index (κ2) is 4.04. The fourth-order valence-electron chi connectivity index (χ4n) is 1.47. The van der Waals surface area contributed by atoms with Crippen molar-refractivity contribution in [3.63, 3.8) is 0 Å². The van der Waals surface area contributed by atoms with Gasteiger partial charge >= 0.3 is 5.97 Å². The zero-order valence-corrected chi connectivity index (χ0v) is 8.16. The first-order chi connectivity index (χ1) is 7.25. The third kappa shape index (κ3) is 2.28. The summed E-state index contributed by atoms with van der Waals surface area (Å²) in [7, 11) is 0. The van der Waals surface area contributed by atoms with Crippen LogP contribution >= 0.6 is 0 Å². The molecule has 2 rings (SSSR count). The number of nitrogens with one attached hydrogen (secondary N) is 2. The van der Waals surface area contributed by atoms with E-state index in [9.17, 15) is 4.79 Å². The molecule has 1 aromatic carbocycles.